The van der Waals surface area contributed by atoms with Crippen LogP contribution < -0.4 is 10.6 Å². The molecule has 4 N–H and O–H groups in total. The Bertz CT molecular complexity index is 936. The molecular formula is C21H28ClN5O2S. The number of nitrogens with two attached hydrogens (primary N) is 1. The average molecular weight is 450 g/mol. The number of hydrogen-bond donors (Lipinski definition) is 3. The molecule has 2 aromatic heterocycles. The van der Waals surface area contributed by atoms with Crippen molar-refractivity contribution in [1.29, 1.82) is 0 Å². The SMILES string of the molecule is Cc1nc(N2CCC3(CC2)C[C@@H](O)C[C@H]3C)c(CO)nc1Sc1ccnc(N)c1Cl. The maximum absolute atomic E-state index is 10.1. The zero-order valence-corrected chi connectivity index (χ0v) is 18.9. The van der Waals surface area contributed by atoms with Crippen LogP contribution in [0.3, 0.4) is 0 Å². The number of aliphatic hydroxyl groups is 2. The Labute approximate surface area is 186 Å². The minimum absolute atomic E-state index is 0.174. The van der Waals surface area contributed by atoms with Gasteiger partial charge in [0, 0.05) is 24.2 Å². The number of nitrogens with zero attached hydrogens (tertiary/aromatic N) is 4. The third kappa shape index (κ3) is 3.98. The molecule has 2 aromatic rings. The van der Waals surface area contributed by atoms with Crippen LogP contribution in [-0.2, 0) is 6.61 Å². The van der Waals surface area contributed by atoms with Gasteiger partial charge in [-0.1, -0.05) is 30.3 Å². The second kappa shape index (κ2) is 8.49. The largest absolute Gasteiger partial charge is 0.393 e. The normalized spacial score (nSPS) is 23.3. The lowest BCUT2D eigenvalue weighted by atomic mass is 9.71. The number of rotatable bonds is 4. The molecule has 1 aliphatic heterocycles. The number of aromatic nitrogens is 3. The Morgan fingerprint density at radius 1 is 1.33 bits per heavy atom. The van der Waals surface area contributed by atoms with Crippen molar-refractivity contribution in [3.05, 3.63) is 28.7 Å². The fourth-order valence-electron chi connectivity index (χ4n) is 4.88. The first-order valence-electron chi connectivity index (χ1n) is 10.3. The molecule has 2 fully saturated rings. The first kappa shape index (κ1) is 21.6. The van der Waals surface area contributed by atoms with Crippen LogP contribution in [0.1, 0.15) is 44.0 Å². The molecule has 0 bridgehead atoms. The van der Waals surface area contributed by atoms with Gasteiger partial charge >= 0.3 is 0 Å². The van der Waals surface area contributed by atoms with E-state index in [2.05, 4.69) is 16.8 Å². The van der Waals surface area contributed by atoms with E-state index in [1.54, 1.807) is 12.3 Å². The first-order chi connectivity index (χ1) is 14.3. The molecule has 7 nitrogen and oxygen atoms in total. The van der Waals surface area contributed by atoms with Crippen molar-refractivity contribution in [2.45, 2.75) is 62.2 Å². The van der Waals surface area contributed by atoms with Crippen molar-refractivity contribution in [1.82, 2.24) is 15.0 Å². The Morgan fingerprint density at radius 2 is 2.07 bits per heavy atom. The van der Waals surface area contributed by atoms with E-state index >= 15 is 0 Å². The summed E-state index contributed by atoms with van der Waals surface area (Å²) in [4.78, 5) is 16.5. The van der Waals surface area contributed by atoms with Crippen molar-refractivity contribution >= 4 is 35.0 Å². The number of hydrogen-bond acceptors (Lipinski definition) is 8. The molecule has 1 saturated carbocycles. The first-order valence-corrected chi connectivity index (χ1v) is 11.5. The van der Waals surface area contributed by atoms with Gasteiger partial charge < -0.3 is 20.8 Å². The van der Waals surface area contributed by atoms with Crippen LogP contribution in [0.2, 0.25) is 5.02 Å². The van der Waals surface area contributed by atoms with Gasteiger partial charge in [-0.15, -0.1) is 0 Å². The highest BCUT2D eigenvalue weighted by Crippen LogP contribution is 2.50. The van der Waals surface area contributed by atoms with E-state index in [9.17, 15) is 10.2 Å². The monoisotopic (exact) mass is 449 g/mol. The number of aryl methyl sites for hydroxylation is 1. The van der Waals surface area contributed by atoms with Crippen molar-refractivity contribution in [3.8, 4) is 0 Å². The summed E-state index contributed by atoms with van der Waals surface area (Å²) in [6.45, 7) is 5.71. The standard InChI is InChI=1S/C21H28ClN5O2S/c1-12-9-14(29)10-21(12)4-7-27(8-5-21)19-15(11-28)26-20(13(2)25-19)30-16-3-6-24-18(23)17(16)22/h3,6,12,14,28-29H,4-5,7-11H2,1-2H3,(H2,23,24)/t12-,14+/m1/s1. The molecule has 9 heteroatoms. The fourth-order valence-corrected chi connectivity index (χ4v) is 5.99. The van der Waals surface area contributed by atoms with Crippen molar-refractivity contribution in [2.75, 3.05) is 23.7 Å². The van der Waals surface area contributed by atoms with Gasteiger partial charge in [-0.3, -0.25) is 0 Å². The lowest BCUT2D eigenvalue weighted by Crippen LogP contribution is -2.42. The fraction of sp³-hybridized carbons (Fsp3) is 0.571. The predicted molar refractivity (Wildman–Crippen MR) is 119 cm³/mol. The number of pyridine rings is 1. The topological polar surface area (TPSA) is 108 Å². The molecule has 3 heterocycles. The smallest absolute Gasteiger partial charge is 0.153 e. The molecule has 1 aliphatic carbocycles. The van der Waals surface area contributed by atoms with Crippen LogP contribution in [-0.4, -0.2) is 44.4 Å². The van der Waals surface area contributed by atoms with Crippen LogP contribution in [0.25, 0.3) is 0 Å². The summed E-state index contributed by atoms with van der Waals surface area (Å²) in [6.07, 6.45) is 5.28. The summed E-state index contributed by atoms with van der Waals surface area (Å²) >= 11 is 7.64. The Morgan fingerprint density at radius 3 is 2.70 bits per heavy atom. The van der Waals surface area contributed by atoms with Crippen LogP contribution in [0.5, 0.6) is 0 Å². The number of anilines is 2. The van der Waals surface area contributed by atoms with Crippen molar-refractivity contribution in [2.24, 2.45) is 11.3 Å². The molecule has 0 unspecified atom stereocenters. The van der Waals surface area contributed by atoms with Gasteiger partial charge in [0.25, 0.3) is 0 Å². The molecule has 0 radical (unpaired) electrons. The quantitative estimate of drug-likeness (QED) is 0.651. The Balaban J connectivity index is 1.55. The molecule has 162 valence electrons. The third-order valence-corrected chi connectivity index (χ3v) is 8.34. The van der Waals surface area contributed by atoms with E-state index in [1.807, 2.05) is 6.92 Å². The summed E-state index contributed by atoms with van der Waals surface area (Å²) in [7, 11) is 0. The van der Waals surface area contributed by atoms with Gasteiger partial charge in [-0.2, -0.15) is 0 Å². The van der Waals surface area contributed by atoms with Gasteiger partial charge in [0.1, 0.15) is 16.5 Å². The van der Waals surface area contributed by atoms with Crippen LogP contribution >= 0.6 is 23.4 Å². The van der Waals surface area contributed by atoms with E-state index in [0.717, 1.165) is 55.2 Å². The van der Waals surface area contributed by atoms with E-state index in [4.69, 9.17) is 27.3 Å². The molecule has 1 spiro atoms. The number of piperidine rings is 1. The lowest BCUT2D eigenvalue weighted by Gasteiger charge is -2.43. The maximum Gasteiger partial charge on any atom is 0.153 e. The second-order valence-electron chi connectivity index (χ2n) is 8.50. The minimum Gasteiger partial charge on any atom is -0.393 e. The lowest BCUT2D eigenvalue weighted by molar-refractivity contribution is 0.132. The van der Waals surface area contributed by atoms with E-state index < -0.39 is 0 Å². The number of halogens is 1. The third-order valence-electron chi connectivity index (χ3n) is 6.69. The van der Waals surface area contributed by atoms with Gasteiger partial charge in [-0.05, 0) is 50.0 Å². The molecule has 0 amide bonds. The molecular weight excluding hydrogens is 422 g/mol. The molecule has 2 aliphatic rings. The highest BCUT2D eigenvalue weighted by atomic mass is 35.5. The maximum atomic E-state index is 10.1. The second-order valence-corrected chi connectivity index (χ2v) is 9.91. The zero-order chi connectivity index (χ0) is 21.5. The summed E-state index contributed by atoms with van der Waals surface area (Å²) in [6, 6.07) is 1.79. The van der Waals surface area contributed by atoms with Gasteiger partial charge in [0.2, 0.25) is 0 Å². The Kier molecular flexibility index (Phi) is 6.12. The van der Waals surface area contributed by atoms with Crippen molar-refractivity contribution in [3.63, 3.8) is 0 Å². The molecule has 1 saturated heterocycles. The highest BCUT2D eigenvalue weighted by Gasteiger charge is 2.46. The van der Waals surface area contributed by atoms with Crippen molar-refractivity contribution < 1.29 is 10.2 Å². The van der Waals surface area contributed by atoms with Gasteiger partial charge in [0.05, 0.1) is 23.4 Å². The summed E-state index contributed by atoms with van der Waals surface area (Å²) in [5.74, 6) is 1.57. The summed E-state index contributed by atoms with van der Waals surface area (Å²) in [5, 5.41) is 21.2. The zero-order valence-electron chi connectivity index (χ0n) is 17.3. The summed E-state index contributed by atoms with van der Waals surface area (Å²) in [5.41, 5.74) is 7.38. The minimum atomic E-state index is -0.181. The number of aliphatic hydroxyl groups excluding tert-OH is 2. The molecule has 0 aromatic carbocycles. The number of nitrogen functional groups attached to an aromatic ring is 1. The van der Waals surface area contributed by atoms with E-state index in [1.165, 1.54) is 11.8 Å². The van der Waals surface area contributed by atoms with Gasteiger partial charge in [0.15, 0.2) is 5.82 Å². The predicted octanol–water partition coefficient (Wildman–Crippen LogP) is 3.44. The average Bonchev–Trinajstić information content (AvgIpc) is 2.99. The van der Waals surface area contributed by atoms with E-state index in [-0.39, 0.29) is 23.9 Å². The molecule has 30 heavy (non-hydrogen) atoms. The molecule has 4 rings (SSSR count). The van der Waals surface area contributed by atoms with E-state index in [0.29, 0.717) is 21.7 Å². The van der Waals surface area contributed by atoms with Crippen LogP contribution in [0.4, 0.5) is 11.6 Å². The van der Waals surface area contributed by atoms with Crippen LogP contribution in [0, 0.1) is 18.3 Å². The molecule has 2 atom stereocenters. The van der Waals surface area contributed by atoms with Crippen LogP contribution in [0.15, 0.2) is 22.2 Å². The Hall–Kier alpha value is -1.61. The van der Waals surface area contributed by atoms with Gasteiger partial charge in [-0.25, -0.2) is 15.0 Å². The summed E-state index contributed by atoms with van der Waals surface area (Å²) < 4.78 is 0. The highest BCUT2D eigenvalue weighted by molar-refractivity contribution is 7.99.